The fourth-order valence-corrected chi connectivity index (χ4v) is 2.49. The van der Waals surface area contributed by atoms with Gasteiger partial charge in [0.2, 0.25) is 10.0 Å². The van der Waals surface area contributed by atoms with E-state index in [1.54, 1.807) is 18.2 Å². The van der Waals surface area contributed by atoms with Crippen LogP contribution in [0.4, 0.5) is 4.39 Å². The van der Waals surface area contributed by atoms with Gasteiger partial charge >= 0.3 is 0 Å². The largest absolute Gasteiger partial charge is 0.330 e. The quantitative estimate of drug-likeness (QED) is 0.755. The molecular formula is C11H17FN2O2S. The fraction of sp³-hybridized carbons (Fsp3) is 0.455. The summed E-state index contributed by atoms with van der Waals surface area (Å²) in [6.45, 7) is 0.544. The molecule has 17 heavy (non-hydrogen) atoms. The first-order valence-corrected chi connectivity index (χ1v) is 7.11. The zero-order valence-corrected chi connectivity index (χ0v) is 10.3. The zero-order chi connectivity index (χ0) is 12.7. The molecule has 1 aromatic carbocycles. The van der Waals surface area contributed by atoms with Crippen LogP contribution in [0.25, 0.3) is 0 Å². The monoisotopic (exact) mass is 260 g/mol. The summed E-state index contributed by atoms with van der Waals surface area (Å²) in [5.74, 6) is -0.297. The zero-order valence-electron chi connectivity index (χ0n) is 9.52. The second-order valence-electron chi connectivity index (χ2n) is 3.70. The molecule has 0 unspecified atom stereocenters. The molecule has 0 aliphatic rings. The molecule has 0 spiro atoms. The summed E-state index contributed by atoms with van der Waals surface area (Å²) >= 11 is 0. The van der Waals surface area contributed by atoms with Crippen LogP contribution in [-0.2, 0) is 16.4 Å². The Kier molecular flexibility index (Phi) is 5.54. The van der Waals surface area contributed by atoms with Crippen LogP contribution >= 0.6 is 0 Å². The number of halogens is 1. The van der Waals surface area contributed by atoms with Crippen molar-refractivity contribution in [3.8, 4) is 0 Å². The van der Waals surface area contributed by atoms with E-state index in [1.807, 2.05) is 0 Å². The van der Waals surface area contributed by atoms with Crippen molar-refractivity contribution in [3.05, 3.63) is 35.6 Å². The van der Waals surface area contributed by atoms with Gasteiger partial charge in [0.1, 0.15) is 5.82 Å². The molecule has 1 aromatic rings. The van der Waals surface area contributed by atoms with E-state index in [-0.39, 0.29) is 18.1 Å². The first-order chi connectivity index (χ1) is 8.05. The average Bonchev–Trinajstić information content (AvgIpc) is 2.29. The van der Waals surface area contributed by atoms with E-state index < -0.39 is 10.0 Å². The van der Waals surface area contributed by atoms with Crippen molar-refractivity contribution in [2.45, 2.75) is 12.8 Å². The van der Waals surface area contributed by atoms with Gasteiger partial charge in [0.25, 0.3) is 0 Å². The average molecular weight is 260 g/mol. The minimum atomic E-state index is -3.28. The van der Waals surface area contributed by atoms with Gasteiger partial charge in [0.15, 0.2) is 0 Å². The van der Waals surface area contributed by atoms with Crippen molar-refractivity contribution in [1.82, 2.24) is 4.72 Å². The second kappa shape index (κ2) is 6.68. The topological polar surface area (TPSA) is 72.2 Å². The van der Waals surface area contributed by atoms with Gasteiger partial charge in [-0.1, -0.05) is 18.2 Å². The van der Waals surface area contributed by atoms with Crippen LogP contribution in [0.5, 0.6) is 0 Å². The molecule has 96 valence electrons. The SMILES string of the molecule is NCCCS(=O)(=O)NCCc1ccccc1F. The normalized spacial score (nSPS) is 11.6. The van der Waals surface area contributed by atoms with Crippen LogP contribution in [0.1, 0.15) is 12.0 Å². The summed E-state index contributed by atoms with van der Waals surface area (Å²) in [6, 6.07) is 6.33. The van der Waals surface area contributed by atoms with Gasteiger partial charge in [-0.2, -0.15) is 0 Å². The number of hydrogen-bond donors (Lipinski definition) is 2. The third-order valence-corrected chi connectivity index (χ3v) is 3.76. The van der Waals surface area contributed by atoms with E-state index in [1.165, 1.54) is 6.07 Å². The smallest absolute Gasteiger partial charge is 0.211 e. The molecule has 0 aliphatic heterocycles. The molecule has 4 nitrogen and oxygen atoms in total. The van der Waals surface area contributed by atoms with Gasteiger partial charge in [-0.25, -0.2) is 17.5 Å². The van der Waals surface area contributed by atoms with Gasteiger partial charge in [0, 0.05) is 6.54 Å². The predicted octanol–water partition coefficient (Wildman–Crippen LogP) is 0.636. The lowest BCUT2D eigenvalue weighted by atomic mass is 10.1. The summed E-state index contributed by atoms with van der Waals surface area (Å²) in [5, 5.41) is 0. The lowest BCUT2D eigenvalue weighted by Gasteiger charge is -2.06. The highest BCUT2D eigenvalue weighted by Gasteiger charge is 2.09. The standard InChI is InChI=1S/C11H17FN2O2S/c12-11-5-2-1-4-10(11)6-8-14-17(15,16)9-3-7-13/h1-2,4-5,14H,3,6-9,13H2. The maximum absolute atomic E-state index is 13.2. The molecule has 6 heteroatoms. The van der Waals surface area contributed by atoms with Crippen LogP contribution < -0.4 is 10.5 Å². The molecule has 0 atom stereocenters. The molecule has 3 N–H and O–H groups in total. The first kappa shape index (κ1) is 14.1. The Labute approximate surface area is 101 Å². The van der Waals surface area contributed by atoms with Gasteiger partial charge < -0.3 is 5.73 Å². The molecule has 0 fully saturated rings. The molecule has 0 saturated heterocycles. The van der Waals surface area contributed by atoms with Crippen molar-refractivity contribution in [1.29, 1.82) is 0 Å². The molecule has 0 aliphatic carbocycles. The molecule has 0 heterocycles. The van der Waals surface area contributed by atoms with Gasteiger partial charge in [-0.3, -0.25) is 0 Å². The van der Waals surface area contributed by atoms with Gasteiger partial charge in [-0.05, 0) is 31.0 Å². The predicted molar refractivity (Wildman–Crippen MR) is 65.6 cm³/mol. The number of benzene rings is 1. The van der Waals surface area contributed by atoms with Gasteiger partial charge in [0.05, 0.1) is 5.75 Å². The molecule has 0 aromatic heterocycles. The highest BCUT2D eigenvalue weighted by Crippen LogP contribution is 2.06. The summed E-state index contributed by atoms with van der Waals surface area (Å²) < 4.78 is 38.4. The Bertz CT molecular complexity index is 449. The summed E-state index contributed by atoms with van der Waals surface area (Å²) in [7, 11) is -3.28. The molecule has 0 radical (unpaired) electrons. The number of nitrogens with two attached hydrogens (primary N) is 1. The van der Waals surface area contributed by atoms with Crippen molar-refractivity contribution < 1.29 is 12.8 Å². The summed E-state index contributed by atoms with van der Waals surface area (Å²) in [5.41, 5.74) is 5.74. The van der Waals surface area contributed by atoms with Crippen LogP contribution in [0, 0.1) is 5.82 Å². The van der Waals surface area contributed by atoms with Crippen molar-refractivity contribution >= 4 is 10.0 Å². The minimum Gasteiger partial charge on any atom is -0.330 e. The fourth-order valence-electron chi connectivity index (χ4n) is 1.39. The highest BCUT2D eigenvalue weighted by atomic mass is 32.2. The molecule has 1 rings (SSSR count). The Balaban J connectivity index is 2.40. The lowest BCUT2D eigenvalue weighted by Crippen LogP contribution is -2.29. The Morgan fingerprint density at radius 3 is 2.65 bits per heavy atom. The third-order valence-electron chi connectivity index (χ3n) is 2.29. The maximum atomic E-state index is 13.2. The number of sulfonamides is 1. The van der Waals surface area contributed by atoms with Crippen molar-refractivity contribution in [2.24, 2.45) is 5.73 Å². The van der Waals surface area contributed by atoms with E-state index in [2.05, 4.69) is 4.72 Å². The molecule has 0 bridgehead atoms. The Morgan fingerprint density at radius 1 is 1.29 bits per heavy atom. The Hall–Kier alpha value is -0.980. The van der Waals surface area contributed by atoms with Gasteiger partial charge in [-0.15, -0.1) is 0 Å². The minimum absolute atomic E-state index is 0.0147. The van der Waals surface area contributed by atoms with E-state index in [0.717, 1.165) is 0 Å². The van der Waals surface area contributed by atoms with E-state index in [0.29, 0.717) is 24.9 Å². The molecular weight excluding hydrogens is 243 g/mol. The Morgan fingerprint density at radius 2 is 2.00 bits per heavy atom. The van der Waals surface area contributed by atoms with E-state index in [4.69, 9.17) is 5.73 Å². The van der Waals surface area contributed by atoms with Crippen LogP contribution in [0.3, 0.4) is 0 Å². The summed E-state index contributed by atoms with van der Waals surface area (Å²) in [6.07, 6.45) is 0.767. The second-order valence-corrected chi connectivity index (χ2v) is 5.62. The van der Waals surface area contributed by atoms with Crippen molar-refractivity contribution in [2.75, 3.05) is 18.8 Å². The highest BCUT2D eigenvalue weighted by molar-refractivity contribution is 7.89. The van der Waals surface area contributed by atoms with Crippen LogP contribution in [0.15, 0.2) is 24.3 Å². The van der Waals surface area contributed by atoms with Crippen LogP contribution in [-0.4, -0.2) is 27.3 Å². The number of nitrogens with one attached hydrogen (secondary N) is 1. The van der Waals surface area contributed by atoms with E-state index in [9.17, 15) is 12.8 Å². The number of rotatable bonds is 7. The summed E-state index contributed by atoms with van der Waals surface area (Å²) in [4.78, 5) is 0. The van der Waals surface area contributed by atoms with Crippen LogP contribution in [0.2, 0.25) is 0 Å². The van der Waals surface area contributed by atoms with E-state index >= 15 is 0 Å². The maximum Gasteiger partial charge on any atom is 0.211 e. The number of hydrogen-bond acceptors (Lipinski definition) is 3. The third kappa shape index (κ3) is 5.25. The molecule has 0 saturated carbocycles. The lowest BCUT2D eigenvalue weighted by molar-refractivity contribution is 0.575. The molecule has 0 amide bonds. The first-order valence-electron chi connectivity index (χ1n) is 5.46. The van der Waals surface area contributed by atoms with Crippen molar-refractivity contribution in [3.63, 3.8) is 0 Å².